The van der Waals surface area contributed by atoms with E-state index in [1.165, 1.54) is 70.6 Å². The summed E-state index contributed by atoms with van der Waals surface area (Å²) in [6.45, 7) is 4.62. The fraction of sp³-hybridized carbons (Fsp3) is 0.917. The smallest absolute Gasteiger partial charge is 0.329 e. The lowest BCUT2D eigenvalue weighted by molar-refractivity contribution is -0.870. The third kappa shape index (κ3) is 24.0. The zero-order valence-corrected chi connectivity index (χ0v) is 21.0. The lowest BCUT2D eigenvalue weighted by Crippen LogP contribution is -2.37. The lowest BCUT2D eigenvalue weighted by atomic mass is 10.1. The second kappa shape index (κ2) is 21.1. The maximum Gasteiger partial charge on any atom is 0.332 e. The first-order valence-electron chi connectivity index (χ1n) is 11.9. The molecule has 1 unspecified atom stereocenters. The summed E-state index contributed by atoms with van der Waals surface area (Å²) in [5.41, 5.74) is 0. The zero-order chi connectivity index (χ0) is 21.6. The maximum absolute atomic E-state index is 5.72. The van der Waals surface area contributed by atoms with E-state index < -0.39 is 8.60 Å². The molecule has 0 N–H and O–H groups in total. The van der Waals surface area contributed by atoms with Crippen LogP contribution in [0.15, 0.2) is 0 Å². The van der Waals surface area contributed by atoms with Crippen molar-refractivity contribution in [3.63, 3.8) is 0 Å². The largest absolute Gasteiger partial charge is 0.332 e. The van der Waals surface area contributed by atoms with E-state index in [9.17, 15) is 0 Å². The van der Waals surface area contributed by atoms with Crippen LogP contribution in [0.2, 0.25) is 0 Å². The SMILES string of the molecule is CCCCCCCCC#CCCCCCCCCOP(OC)OCC[N+](C)(C)C. The van der Waals surface area contributed by atoms with Gasteiger partial charge in [0.1, 0.15) is 13.2 Å². The van der Waals surface area contributed by atoms with Crippen LogP contribution >= 0.6 is 8.60 Å². The molecular formula is C24H49NO3P+. The highest BCUT2D eigenvalue weighted by Crippen LogP contribution is 2.38. The molecule has 0 rings (SSSR count). The minimum atomic E-state index is -1.18. The molecule has 0 fully saturated rings. The van der Waals surface area contributed by atoms with Gasteiger partial charge in [0.25, 0.3) is 0 Å². The Morgan fingerprint density at radius 2 is 1.14 bits per heavy atom. The van der Waals surface area contributed by atoms with E-state index >= 15 is 0 Å². The summed E-state index contributed by atoms with van der Waals surface area (Å²) < 4.78 is 17.6. The van der Waals surface area contributed by atoms with E-state index in [-0.39, 0.29) is 0 Å². The van der Waals surface area contributed by atoms with Gasteiger partial charge in [0.15, 0.2) is 0 Å². The Balaban J connectivity index is 3.35. The highest BCUT2D eigenvalue weighted by Gasteiger charge is 2.13. The van der Waals surface area contributed by atoms with Crippen LogP contribution in [0.3, 0.4) is 0 Å². The Bertz CT molecular complexity index is 401. The highest BCUT2D eigenvalue weighted by molar-refractivity contribution is 7.41. The summed E-state index contributed by atoms with van der Waals surface area (Å²) in [4.78, 5) is 0. The summed E-state index contributed by atoms with van der Waals surface area (Å²) in [5.74, 6) is 6.69. The van der Waals surface area contributed by atoms with Crippen molar-refractivity contribution in [1.29, 1.82) is 0 Å². The third-order valence-electron chi connectivity index (χ3n) is 4.78. The van der Waals surface area contributed by atoms with E-state index in [1.807, 2.05) is 0 Å². The Hall–Kier alpha value is -0.170. The molecule has 0 heterocycles. The van der Waals surface area contributed by atoms with Crippen molar-refractivity contribution >= 4 is 8.60 Å². The molecule has 4 nitrogen and oxygen atoms in total. The number of hydrogen-bond acceptors (Lipinski definition) is 3. The van der Waals surface area contributed by atoms with Gasteiger partial charge in [-0.2, -0.15) is 0 Å². The molecule has 29 heavy (non-hydrogen) atoms. The Morgan fingerprint density at radius 3 is 1.66 bits per heavy atom. The molecule has 0 saturated heterocycles. The first-order valence-corrected chi connectivity index (χ1v) is 13.0. The van der Waals surface area contributed by atoms with Crippen LogP contribution in [-0.4, -0.2) is 52.5 Å². The standard InChI is InChI=1S/C24H49NO3P/c1-6-7-8-9-10-11-12-13-14-15-16-17-18-19-20-21-23-27-29(26-5)28-24-22-25(2,3)4/h6-12,15-24H2,1-5H3/q+1. The summed E-state index contributed by atoms with van der Waals surface area (Å²) in [6, 6.07) is 0. The van der Waals surface area contributed by atoms with Crippen molar-refractivity contribution in [3.8, 4) is 11.8 Å². The monoisotopic (exact) mass is 430 g/mol. The molecule has 0 aromatic rings. The summed E-state index contributed by atoms with van der Waals surface area (Å²) in [5, 5.41) is 0. The van der Waals surface area contributed by atoms with Crippen molar-refractivity contribution in [2.75, 3.05) is 48.0 Å². The predicted octanol–water partition coefficient (Wildman–Crippen LogP) is 7.08. The van der Waals surface area contributed by atoms with Crippen LogP contribution in [0.1, 0.15) is 96.8 Å². The molecule has 1 atom stereocenters. The Kier molecular flexibility index (Phi) is 21.0. The van der Waals surface area contributed by atoms with E-state index in [0.29, 0.717) is 6.61 Å². The second-order valence-corrected chi connectivity index (χ2v) is 10.2. The van der Waals surface area contributed by atoms with Crippen molar-refractivity contribution in [2.45, 2.75) is 96.8 Å². The molecule has 0 aliphatic carbocycles. The topological polar surface area (TPSA) is 27.7 Å². The average molecular weight is 431 g/mol. The van der Waals surface area contributed by atoms with Crippen LogP contribution in [-0.2, 0) is 13.6 Å². The molecule has 0 amide bonds. The highest BCUT2D eigenvalue weighted by atomic mass is 31.2. The van der Waals surface area contributed by atoms with Gasteiger partial charge in [-0.15, -0.1) is 11.8 Å². The second-order valence-electron chi connectivity index (χ2n) is 8.83. The molecule has 0 aliphatic rings. The van der Waals surface area contributed by atoms with E-state index in [2.05, 4.69) is 39.9 Å². The van der Waals surface area contributed by atoms with Gasteiger partial charge in [-0.1, -0.05) is 64.7 Å². The fourth-order valence-electron chi connectivity index (χ4n) is 2.86. The molecule has 5 heteroatoms. The van der Waals surface area contributed by atoms with Crippen LogP contribution in [0.4, 0.5) is 0 Å². The van der Waals surface area contributed by atoms with Gasteiger partial charge in [0, 0.05) is 20.0 Å². The summed E-state index contributed by atoms with van der Waals surface area (Å²) in [7, 11) is 6.95. The minimum Gasteiger partial charge on any atom is -0.329 e. The molecule has 0 aliphatic heterocycles. The number of likely N-dealkylation sites (N-methyl/N-ethyl adjacent to an activating group) is 1. The normalized spacial score (nSPS) is 12.6. The van der Waals surface area contributed by atoms with Gasteiger partial charge < -0.3 is 18.1 Å². The fourth-order valence-corrected chi connectivity index (χ4v) is 3.66. The molecule has 0 radical (unpaired) electrons. The summed E-state index contributed by atoms with van der Waals surface area (Å²) >= 11 is 0. The third-order valence-corrected chi connectivity index (χ3v) is 5.87. The van der Waals surface area contributed by atoms with Crippen molar-refractivity contribution < 1.29 is 18.1 Å². The first kappa shape index (κ1) is 28.8. The molecular weight excluding hydrogens is 381 g/mol. The van der Waals surface area contributed by atoms with Crippen molar-refractivity contribution in [1.82, 2.24) is 0 Å². The van der Waals surface area contributed by atoms with Gasteiger partial charge in [-0.05, 0) is 19.3 Å². The molecule has 0 spiro atoms. The van der Waals surface area contributed by atoms with E-state index in [1.54, 1.807) is 7.11 Å². The number of quaternary nitrogens is 1. The summed E-state index contributed by atoms with van der Waals surface area (Å²) in [6.07, 6.45) is 17.7. The number of unbranched alkanes of at least 4 members (excludes halogenated alkanes) is 12. The van der Waals surface area contributed by atoms with E-state index in [4.69, 9.17) is 13.6 Å². The van der Waals surface area contributed by atoms with Gasteiger partial charge in [-0.25, -0.2) is 0 Å². The van der Waals surface area contributed by atoms with Crippen LogP contribution in [0.5, 0.6) is 0 Å². The molecule has 0 aromatic heterocycles. The van der Waals surface area contributed by atoms with Gasteiger partial charge in [0.05, 0.1) is 27.7 Å². The number of nitrogens with zero attached hydrogens (tertiary/aromatic N) is 1. The van der Waals surface area contributed by atoms with Crippen molar-refractivity contribution in [3.05, 3.63) is 0 Å². The predicted molar refractivity (Wildman–Crippen MR) is 127 cm³/mol. The van der Waals surface area contributed by atoms with Crippen molar-refractivity contribution in [2.24, 2.45) is 0 Å². The lowest BCUT2D eigenvalue weighted by Gasteiger charge is -2.24. The quantitative estimate of drug-likeness (QED) is 0.0893. The Labute approximate surface area is 183 Å². The van der Waals surface area contributed by atoms with Crippen LogP contribution in [0, 0.1) is 11.8 Å². The molecule has 0 bridgehead atoms. The van der Waals surface area contributed by atoms with Gasteiger partial charge in [0.2, 0.25) is 0 Å². The van der Waals surface area contributed by atoms with Gasteiger partial charge in [-0.3, -0.25) is 0 Å². The first-order chi connectivity index (χ1) is 14.0. The van der Waals surface area contributed by atoms with Gasteiger partial charge >= 0.3 is 8.60 Å². The molecule has 0 aromatic carbocycles. The van der Waals surface area contributed by atoms with E-state index in [0.717, 1.165) is 36.9 Å². The Morgan fingerprint density at radius 1 is 0.655 bits per heavy atom. The van der Waals surface area contributed by atoms with Crippen LogP contribution < -0.4 is 0 Å². The minimum absolute atomic E-state index is 0.672. The average Bonchev–Trinajstić information content (AvgIpc) is 2.68. The maximum atomic E-state index is 5.72. The zero-order valence-electron chi connectivity index (χ0n) is 20.1. The number of hydrogen-bond donors (Lipinski definition) is 0. The number of rotatable bonds is 20. The van der Waals surface area contributed by atoms with Crippen LogP contribution in [0.25, 0.3) is 0 Å². The molecule has 0 saturated carbocycles. The molecule has 172 valence electrons.